The predicted octanol–water partition coefficient (Wildman–Crippen LogP) is 5.76. The summed E-state index contributed by atoms with van der Waals surface area (Å²) in [5, 5.41) is 3.19. The normalized spacial score (nSPS) is 13.7. The highest BCUT2D eigenvalue weighted by molar-refractivity contribution is 6.14. The second-order valence-corrected chi connectivity index (χ2v) is 10.2. The van der Waals surface area contributed by atoms with Gasteiger partial charge in [0.25, 0.3) is 0 Å². The minimum atomic E-state index is -0.181. The first-order valence-corrected chi connectivity index (χ1v) is 10.3. The fourth-order valence-electron chi connectivity index (χ4n) is 4.19. The van der Waals surface area contributed by atoms with Crippen molar-refractivity contribution in [1.82, 2.24) is 24.3 Å². The molecule has 0 radical (unpaired) electrons. The van der Waals surface area contributed by atoms with Crippen molar-refractivity contribution in [2.45, 2.75) is 52.4 Å². The van der Waals surface area contributed by atoms with E-state index in [0.29, 0.717) is 5.65 Å². The van der Waals surface area contributed by atoms with Crippen LogP contribution in [0.3, 0.4) is 0 Å². The van der Waals surface area contributed by atoms with Gasteiger partial charge in [-0.15, -0.1) is 0 Å². The van der Waals surface area contributed by atoms with Crippen LogP contribution >= 0.6 is 0 Å². The van der Waals surface area contributed by atoms with Crippen molar-refractivity contribution < 1.29 is 4.42 Å². The fraction of sp³-hybridized carbons (Fsp3) is 0.333. The number of nitrogens with zero attached hydrogens (tertiary/aromatic N) is 5. The lowest BCUT2D eigenvalue weighted by atomic mass is 9.94. The molecule has 5 aromatic heterocycles. The molecule has 2 bridgehead atoms. The van der Waals surface area contributed by atoms with E-state index in [-0.39, 0.29) is 10.8 Å². The van der Waals surface area contributed by atoms with Crippen LogP contribution in [0, 0.1) is 0 Å². The van der Waals surface area contributed by atoms with Crippen LogP contribution in [0.2, 0.25) is 0 Å². The first-order chi connectivity index (χ1) is 14.1. The van der Waals surface area contributed by atoms with Crippen LogP contribution < -0.4 is 0 Å². The highest BCUT2D eigenvalue weighted by Gasteiger charge is 2.26. The molecular formula is C24H23N5O. The van der Waals surface area contributed by atoms with Crippen molar-refractivity contribution in [3.05, 3.63) is 42.1 Å². The van der Waals surface area contributed by atoms with E-state index in [1.807, 2.05) is 18.3 Å². The zero-order valence-electron chi connectivity index (χ0n) is 18.0. The average Bonchev–Trinajstić information content (AvgIpc) is 3.37. The molecule has 0 unspecified atom stereocenters. The van der Waals surface area contributed by atoms with Crippen LogP contribution in [0.4, 0.5) is 0 Å². The summed E-state index contributed by atoms with van der Waals surface area (Å²) in [6.45, 7) is 12.8. The van der Waals surface area contributed by atoms with Crippen molar-refractivity contribution in [2.24, 2.45) is 0 Å². The van der Waals surface area contributed by atoms with Gasteiger partial charge in [-0.05, 0) is 24.3 Å². The highest BCUT2D eigenvalue weighted by Crippen LogP contribution is 2.37. The van der Waals surface area contributed by atoms with E-state index in [1.165, 1.54) is 0 Å². The molecule has 0 saturated carbocycles. The van der Waals surface area contributed by atoms with Crippen molar-refractivity contribution >= 4 is 49.7 Å². The molecule has 6 nitrogen and oxygen atoms in total. The van der Waals surface area contributed by atoms with Crippen molar-refractivity contribution in [3.63, 3.8) is 0 Å². The maximum atomic E-state index is 5.88. The van der Waals surface area contributed by atoms with Crippen LogP contribution in [-0.2, 0) is 10.8 Å². The van der Waals surface area contributed by atoms with Gasteiger partial charge in [0, 0.05) is 27.0 Å². The summed E-state index contributed by atoms with van der Waals surface area (Å²) in [4.78, 5) is 19.5. The minimum absolute atomic E-state index is 0.144. The van der Waals surface area contributed by atoms with Gasteiger partial charge in [-0.2, -0.15) is 0 Å². The van der Waals surface area contributed by atoms with Crippen LogP contribution in [0.1, 0.15) is 53.2 Å². The molecule has 0 aliphatic carbocycles. The second kappa shape index (κ2) is 5.25. The zero-order valence-corrected chi connectivity index (χ0v) is 18.0. The lowest BCUT2D eigenvalue weighted by molar-refractivity contribution is 0.541. The summed E-state index contributed by atoms with van der Waals surface area (Å²) in [7, 11) is 0. The second-order valence-electron chi connectivity index (χ2n) is 10.2. The SMILES string of the molecule is CC(C)(C)c1ncc2c(n1)nc1c3cc4c5ccc(o5)c4cc3nc(C(C)(C)C)n21. The number of imidazole rings is 1. The number of hydrogen-bond acceptors (Lipinski definition) is 5. The number of fused-ring (bicyclic) bond motifs is 10. The lowest BCUT2D eigenvalue weighted by Gasteiger charge is -2.21. The molecule has 0 saturated heterocycles. The predicted molar refractivity (Wildman–Crippen MR) is 119 cm³/mol. The van der Waals surface area contributed by atoms with E-state index >= 15 is 0 Å². The van der Waals surface area contributed by atoms with E-state index in [1.54, 1.807) is 0 Å². The van der Waals surface area contributed by atoms with Gasteiger partial charge in [0.1, 0.15) is 28.3 Å². The number of furan rings is 2. The maximum Gasteiger partial charge on any atom is 0.182 e. The number of benzene rings is 2. The molecule has 6 aromatic rings. The standard InChI is InChI=1S/C24H23N5O/c1-23(2,3)21-25-11-16-19(28-21)27-20-14-9-12-13(18-8-7-17(12)30-18)10-15(14)26-22(29(16)20)24(4,5)6/h7-11H,1-6H3. The molecular weight excluding hydrogens is 374 g/mol. The Kier molecular flexibility index (Phi) is 3.07. The first-order valence-electron chi connectivity index (χ1n) is 10.3. The number of hydrogen-bond donors (Lipinski definition) is 0. The summed E-state index contributed by atoms with van der Waals surface area (Å²) in [5.74, 6) is 1.73. The van der Waals surface area contributed by atoms with Crippen molar-refractivity contribution in [1.29, 1.82) is 0 Å². The zero-order chi connectivity index (χ0) is 21.0. The number of rotatable bonds is 0. The van der Waals surface area contributed by atoms with E-state index < -0.39 is 0 Å². The molecule has 6 rings (SSSR count). The van der Waals surface area contributed by atoms with Crippen LogP contribution in [0.5, 0.6) is 0 Å². The van der Waals surface area contributed by atoms with Gasteiger partial charge in [0.2, 0.25) is 0 Å². The molecule has 0 N–H and O–H groups in total. The van der Waals surface area contributed by atoms with Crippen LogP contribution in [-0.4, -0.2) is 24.3 Å². The maximum absolute atomic E-state index is 5.88. The molecule has 1 aromatic carbocycles. The van der Waals surface area contributed by atoms with Crippen molar-refractivity contribution in [2.75, 3.05) is 0 Å². The van der Waals surface area contributed by atoms with E-state index in [0.717, 1.165) is 55.7 Å². The van der Waals surface area contributed by atoms with Gasteiger partial charge in [-0.3, -0.25) is 4.40 Å². The molecule has 0 amide bonds. The smallest absolute Gasteiger partial charge is 0.182 e. The molecule has 0 aliphatic rings. The summed E-state index contributed by atoms with van der Waals surface area (Å²) >= 11 is 0. The molecule has 0 spiro atoms. The van der Waals surface area contributed by atoms with E-state index in [9.17, 15) is 0 Å². The monoisotopic (exact) mass is 397 g/mol. The Bertz CT molecular complexity index is 1610. The largest absolute Gasteiger partial charge is 0.456 e. The third-order valence-corrected chi connectivity index (χ3v) is 5.71. The van der Waals surface area contributed by atoms with Gasteiger partial charge in [-0.1, -0.05) is 41.5 Å². The summed E-state index contributed by atoms with van der Waals surface area (Å²) in [6, 6.07) is 8.30. The average molecular weight is 397 g/mol. The quantitative estimate of drug-likeness (QED) is 0.305. The first kappa shape index (κ1) is 17.6. The molecule has 6 heteroatoms. The molecule has 5 heterocycles. The summed E-state index contributed by atoms with van der Waals surface area (Å²) in [5.41, 5.74) is 4.84. The Labute approximate surface area is 173 Å². The Balaban J connectivity index is 1.82. The molecule has 0 atom stereocenters. The topological polar surface area (TPSA) is 69.1 Å². The van der Waals surface area contributed by atoms with E-state index in [4.69, 9.17) is 19.4 Å². The molecule has 30 heavy (non-hydrogen) atoms. The van der Waals surface area contributed by atoms with Crippen LogP contribution in [0.25, 0.3) is 49.7 Å². The van der Waals surface area contributed by atoms with Gasteiger partial charge < -0.3 is 4.42 Å². The number of aromatic nitrogens is 5. The van der Waals surface area contributed by atoms with Gasteiger partial charge >= 0.3 is 0 Å². The summed E-state index contributed by atoms with van der Waals surface area (Å²) < 4.78 is 8.00. The lowest BCUT2D eigenvalue weighted by Crippen LogP contribution is -2.19. The van der Waals surface area contributed by atoms with Gasteiger partial charge in [-0.25, -0.2) is 19.9 Å². The Morgan fingerprint density at radius 1 is 0.800 bits per heavy atom. The third-order valence-electron chi connectivity index (χ3n) is 5.71. The molecule has 0 aliphatic heterocycles. The Morgan fingerprint density at radius 2 is 1.50 bits per heavy atom. The van der Waals surface area contributed by atoms with Crippen LogP contribution in [0.15, 0.2) is 34.9 Å². The van der Waals surface area contributed by atoms with Crippen molar-refractivity contribution in [3.8, 4) is 0 Å². The Hall–Kier alpha value is -3.28. The third kappa shape index (κ3) is 2.24. The fourth-order valence-corrected chi connectivity index (χ4v) is 4.19. The van der Waals surface area contributed by atoms with Gasteiger partial charge in [0.05, 0.1) is 11.7 Å². The van der Waals surface area contributed by atoms with E-state index in [2.05, 4.69) is 63.1 Å². The molecule has 150 valence electrons. The highest BCUT2D eigenvalue weighted by atomic mass is 16.3. The molecule has 0 fully saturated rings. The summed E-state index contributed by atoms with van der Waals surface area (Å²) in [6.07, 6.45) is 1.89. The Morgan fingerprint density at radius 3 is 2.17 bits per heavy atom. The van der Waals surface area contributed by atoms with Gasteiger partial charge in [0.15, 0.2) is 11.3 Å². The minimum Gasteiger partial charge on any atom is -0.456 e.